The van der Waals surface area contributed by atoms with E-state index in [1.54, 1.807) is 14.2 Å². The van der Waals surface area contributed by atoms with Gasteiger partial charge in [0.05, 0.1) is 27.4 Å². The maximum Gasteiger partial charge on any atom is 0.143 e. The van der Waals surface area contributed by atoms with Gasteiger partial charge in [-0.15, -0.1) is 0 Å². The van der Waals surface area contributed by atoms with Crippen molar-refractivity contribution >= 4 is 21.5 Å². The molecule has 0 saturated heterocycles. The zero-order valence-corrected chi connectivity index (χ0v) is 26.6. The molecule has 6 rings (SSSR count). The van der Waals surface area contributed by atoms with Crippen LogP contribution in [0.1, 0.15) is 40.7 Å². The lowest BCUT2D eigenvalue weighted by Crippen LogP contribution is -2.33. The van der Waals surface area contributed by atoms with Crippen molar-refractivity contribution in [2.24, 2.45) is 0 Å². The van der Waals surface area contributed by atoms with E-state index in [2.05, 4.69) is 103 Å². The summed E-state index contributed by atoms with van der Waals surface area (Å²) in [7, 11) is 3.34. The summed E-state index contributed by atoms with van der Waals surface area (Å²) in [5.41, 5.74) is 4.00. The Hall–Kier alpha value is -5.52. The molecule has 0 aliphatic carbocycles. The number of hydrogen-bond acceptors (Lipinski definition) is 4. The van der Waals surface area contributed by atoms with E-state index in [1.807, 2.05) is 48.5 Å². The van der Waals surface area contributed by atoms with Crippen LogP contribution in [0, 0.1) is 23.7 Å². The predicted molar refractivity (Wildman–Crippen MR) is 190 cm³/mol. The van der Waals surface area contributed by atoms with E-state index in [0.29, 0.717) is 19.4 Å². The first kappa shape index (κ1) is 31.5. The van der Waals surface area contributed by atoms with Crippen LogP contribution in [0.4, 0.5) is 0 Å². The molecule has 47 heavy (non-hydrogen) atoms. The van der Waals surface area contributed by atoms with Crippen molar-refractivity contribution in [2.45, 2.75) is 18.4 Å². The van der Waals surface area contributed by atoms with Gasteiger partial charge in [-0.05, 0) is 86.8 Å². The topological polar surface area (TPSA) is 47.9 Å². The lowest BCUT2D eigenvalue weighted by Gasteiger charge is -2.36. The van der Waals surface area contributed by atoms with E-state index in [1.165, 1.54) is 0 Å². The number of aliphatic hydroxyl groups is 1. The first-order chi connectivity index (χ1) is 23.1. The van der Waals surface area contributed by atoms with Gasteiger partial charge in [-0.25, -0.2) is 0 Å². The van der Waals surface area contributed by atoms with Gasteiger partial charge < -0.3 is 19.3 Å². The summed E-state index contributed by atoms with van der Waals surface area (Å²) in [6, 6.07) is 43.2. The molecule has 0 amide bonds. The van der Waals surface area contributed by atoms with Crippen molar-refractivity contribution in [1.82, 2.24) is 0 Å². The predicted octanol–water partition coefficient (Wildman–Crippen LogP) is 8.49. The summed E-state index contributed by atoms with van der Waals surface area (Å²) in [6.45, 7) is 0.471. The maximum absolute atomic E-state index is 9.09. The van der Waals surface area contributed by atoms with Gasteiger partial charge in [-0.1, -0.05) is 103 Å². The van der Waals surface area contributed by atoms with Gasteiger partial charge in [0.15, 0.2) is 0 Å². The Labute approximate surface area is 276 Å². The van der Waals surface area contributed by atoms with Crippen LogP contribution in [0.3, 0.4) is 0 Å². The minimum Gasteiger partial charge on any atom is -0.497 e. The minimum absolute atomic E-state index is 0.0623. The average molecular weight is 617 g/mol. The van der Waals surface area contributed by atoms with Crippen molar-refractivity contribution in [3.63, 3.8) is 0 Å². The molecule has 232 valence electrons. The molecular formula is C43H36O4. The van der Waals surface area contributed by atoms with Gasteiger partial charge in [0.2, 0.25) is 0 Å². The maximum atomic E-state index is 9.09. The summed E-state index contributed by atoms with van der Waals surface area (Å²) in [4.78, 5) is 0. The molecule has 0 bridgehead atoms. The molecule has 0 spiro atoms. The van der Waals surface area contributed by atoms with Gasteiger partial charge in [-0.2, -0.15) is 0 Å². The van der Waals surface area contributed by atoms with E-state index in [0.717, 1.165) is 60.9 Å². The van der Waals surface area contributed by atoms with Crippen molar-refractivity contribution in [1.29, 1.82) is 0 Å². The second-order valence-electron chi connectivity index (χ2n) is 11.1. The molecule has 4 nitrogen and oxygen atoms in total. The molecule has 0 fully saturated rings. The van der Waals surface area contributed by atoms with Gasteiger partial charge in [-0.3, -0.25) is 0 Å². The molecule has 0 aliphatic rings. The van der Waals surface area contributed by atoms with Crippen LogP contribution in [-0.4, -0.2) is 32.5 Å². The fraction of sp³-hybridized carbons (Fsp3) is 0.163. The van der Waals surface area contributed by atoms with Crippen LogP contribution in [0.2, 0.25) is 0 Å². The van der Waals surface area contributed by atoms with Crippen LogP contribution >= 0.6 is 0 Å². The van der Waals surface area contributed by atoms with Crippen molar-refractivity contribution in [2.75, 3.05) is 27.4 Å². The Morgan fingerprint density at radius 1 is 0.553 bits per heavy atom. The van der Waals surface area contributed by atoms with Crippen LogP contribution in [-0.2, 0) is 10.3 Å². The Bertz CT molecular complexity index is 2040. The van der Waals surface area contributed by atoms with Crippen molar-refractivity contribution in [3.05, 3.63) is 155 Å². The summed E-state index contributed by atoms with van der Waals surface area (Å²) in [6.07, 6.45) is 1.00. The van der Waals surface area contributed by atoms with Crippen LogP contribution in [0.5, 0.6) is 11.5 Å². The molecule has 0 unspecified atom stereocenters. The number of rotatable bonds is 9. The summed E-state index contributed by atoms with van der Waals surface area (Å²) in [5.74, 6) is 14.5. The number of fused-ring (bicyclic) bond motifs is 3. The smallest absolute Gasteiger partial charge is 0.143 e. The number of aliphatic hydroxyl groups excluding tert-OH is 1. The molecule has 0 saturated carbocycles. The standard InChI is InChI=1S/C43H36O4/c1-45-39-24-20-37(21-25-39)43(36-12-4-3-5-13-36,38-22-26-40(46-2)27-23-38)47-29-9-7-11-33-15-17-35-19-18-34-16-14-32(10-6-8-28-44)30-41(34)42(35)31-33/h3-5,12-27,30-31,44H,8-9,28-29H2,1-2H3. The number of methoxy groups -OCH3 is 2. The quantitative estimate of drug-likeness (QED) is 0.0766. The van der Waals surface area contributed by atoms with E-state index in [4.69, 9.17) is 19.3 Å². The third kappa shape index (κ3) is 6.86. The summed E-state index contributed by atoms with van der Waals surface area (Å²) >= 11 is 0. The van der Waals surface area contributed by atoms with Crippen LogP contribution < -0.4 is 9.47 Å². The molecule has 0 aromatic heterocycles. The molecule has 0 heterocycles. The minimum atomic E-state index is -0.874. The molecule has 6 aromatic carbocycles. The molecule has 0 radical (unpaired) electrons. The second kappa shape index (κ2) is 14.7. The lowest BCUT2D eigenvalue weighted by molar-refractivity contribution is 0.0164. The van der Waals surface area contributed by atoms with E-state index >= 15 is 0 Å². The Morgan fingerprint density at radius 2 is 1.02 bits per heavy atom. The third-order valence-corrected chi connectivity index (χ3v) is 8.26. The van der Waals surface area contributed by atoms with Crippen molar-refractivity contribution in [3.8, 4) is 35.2 Å². The molecule has 0 aliphatic heterocycles. The van der Waals surface area contributed by atoms with Crippen LogP contribution in [0.15, 0.2) is 127 Å². The first-order valence-corrected chi connectivity index (χ1v) is 15.7. The average Bonchev–Trinajstić information content (AvgIpc) is 3.14. The van der Waals surface area contributed by atoms with Gasteiger partial charge in [0, 0.05) is 24.0 Å². The highest BCUT2D eigenvalue weighted by Gasteiger charge is 2.37. The number of ether oxygens (including phenoxy) is 3. The summed E-state index contributed by atoms with van der Waals surface area (Å²) < 4.78 is 17.9. The van der Waals surface area contributed by atoms with Crippen molar-refractivity contribution < 1.29 is 19.3 Å². The van der Waals surface area contributed by atoms with Gasteiger partial charge in [0.1, 0.15) is 17.1 Å². The largest absolute Gasteiger partial charge is 0.497 e. The monoisotopic (exact) mass is 616 g/mol. The Morgan fingerprint density at radius 3 is 1.51 bits per heavy atom. The fourth-order valence-electron chi connectivity index (χ4n) is 5.92. The third-order valence-electron chi connectivity index (χ3n) is 8.26. The zero-order valence-electron chi connectivity index (χ0n) is 26.6. The highest BCUT2D eigenvalue weighted by Crippen LogP contribution is 2.41. The number of hydrogen-bond donors (Lipinski definition) is 1. The van der Waals surface area contributed by atoms with Gasteiger partial charge >= 0.3 is 0 Å². The molecule has 6 aromatic rings. The lowest BCUT2D eigenvalue weighted by atomic mass is 9.80. The Kier molecular flexibility index (Phi) is 9.85. The highest BCUT2D eigenvalue weighted by molar-refractivity contribution is 6.08. The van der Waals surface area contributed by atoms with Gasteiger partial charge in [0.25, 0.3) is 0 Å². The molecule has 4 heteroatoms. The fourth-order valence-corrected chi connectivity index (χ4v) is 5.92. The van der Waals surface area contributed by atoms with E-state index in [9.17, 15) is 0 Å². The first-order valence-electron chi connectivity index (χ1n) is 15.7. The molecule has 1 N–H and O–H groups in total. The Balaban J connectivity index is 1.31. The molecular weight excluding hydrogens is 580 g/mol. The SMILES string of the molecule is COc1ccc(C(OCCC#Cc2ccc3ccc4ccc(C#CCCO)cc4c3c2)(c2ccccc2)c2ccc(OC)cc2)cc1. The summed E-state index contributed by atoms with van der Waals surface area (Å²) in [5, 5.41) is 13.7. The van der Waals surface area contributed by atoms with E-state index in [-0.39, 0.29) is 6.61 Å². The second-order valence-corrected chi connectivity index (χ2v) is 11.1. The van der Waals surface area contributed by atoms with E-state index < -0.39 is 5.60 Å². The normalized spacial score (nSPS) is 11.0. The van der Waals surface area contributed by atoms with Crippen LogP contribution in [0.25, 0.3) is 21.5 Å². The highest BCUT2D eigenvalue weighted by atomic mass is 16.5. The zero-order chi connectivity index (χ0) is 32.5. The molecule has 0 atom stereocenters. The number of benzene rings is 6.